The van der Waals surface area contributed by atoms with E-state index in [1.165, 1.54) is 38.5 Å². The lowest BCUT2D eigenvalue weighted by Gasteiger charge is -2.33. The topological polar surface area (TPSA) is 41.3 Å². The summed E-state index contributed by atoms with van der Waals surface area (Å²) >= 11 is 0. The van der Waals surface area contributed by atoms with Gasteiger partial charge in [0.1, 0.15) is 0 Å². The number of aliphatic hydroxyl groups is 1. The zero-order valence-electron chi connectivity index (χ0n) is 11.7. The molecular weight excluding hydrogens is 238 g/mol. The van der Waals surface area contributed by atoms with Crippen molar-refractivity contribution in [1.29, 1.82) is 0 Å². The third kappa shape index (κ3) is 3.00. The fourth-order valence-electron chi connectivity index (χ4n) is 3.52. The number of piperidine rings is 1. The first kappa shape index (κ1) is 13.1. The number of hydrogen-bond donors (Lipinski definition) is 1. The molecule has 1 saturated heterocycles. The monoisotopic (exact) mass is 263 g/mol. The lowest BCUT2D eigenvalue weighted by atomic mass is 10.0. The minimum absolute atomic E-state index is 0.281. The minimum atomic E-state index is 0.281. The molecule has 19 heavy (non-hydrogen) atoms. The largest absolute Gasteiger partial charge is 0.395 e. The summed E-state index contributed by atoms with van der Waals surface area (Å²) in [6.07, 6.45) is 11.0. The molecule has 1 atom stereocenters. The molecule has 0 radical (unpaired) electrons. The summed E-state index contributed by atoms with van der Waals surface area (Å²) in [7, 11) is 0. The molecule has 2 aliphatic rings. The van der Waals surface area contributed by atoms with Crippen LogP contribution in [0.15, 0.2) is 12.3 Å². The lowest BCUT2D eigenvalue weighted by Crippen LogP contribution is -2.41. The third-order valence-electron chi connectivity index (χ3n) is 4.69. The van der Waals surface area contributed by atoms with Gasteiger partial charge in [-0.05, 0) is 38.3 Å². The lowest BCUT2D eigenvalue weighted by molar-refractivity contribution is 0.0828. The molecule has 1 aliphatic carbocycles. The van der Waals surface area contributed by atoms with Crippen LogP contribution in [0.2, 0.25) is 0 Å². The van der Waals surface area contributed by atoms with Gasteiger partial charge < -0.3 is 5.11 Å². The van der Waals surface area contributed by atoms with Gasteiger partial charge in [0.25, 0.3) is 0 Å². The Morgan fingerprint density at radius 3 is 2.74 bits per heavy atom. The number of nitrogens with zero attached hydrogens (tertiary/aromatic N) is 3. The molecule has 0 amide bonds. The van der Waals surface area contributed by atoms with Gasteiger partial charge in [-0.25, -0.2) is 0 Å². The molecule has 4 heteroatoms. The van der Waals surface area contributed by atoms with Crippen LogP contribution in [-0.2, 0) is 6.54 Å². The van der Waals surface area contributed by atoms with Gasteiger partial charge >= 0.3 is 0 Å². The van der Waals surface area contributed by atoms with Gasteiger partial charge in [-0.1, -0.05) is 19.3 Å². The van der Waals surface area contributed by atoms with Gasteiger partial charge in [0.2, 0.25) is 0 Å². The molecule has 4 nitrogen and oxygen atoms in total. The SMILES string of the molecule is OCC1CCCCN1Cc1ccn(C2CCCC2)n1. The maximum absolute atomic E-state index is 9.45. The Bertz CT molecular complexity index is 398. The van der Waals surface area contributed by atoms with Crippen LogP contribution in [0.3, 0.4) is 0 Å². The second-order valence-corrected chi connectivity index (χ2v) is 6.03. The second-order valence-electron chi connectivity index (χ2n) is 6.03. The standard InChI is InChI=1S/C15H25N3O/c19-12-15-7-3-4-9-17(15)11-13-8-10-18(16-13)14-5-1-2-6-14/h8,10,14-15,19H,1-7,9,11-12H2. The predicted molar refractivity (Wildman–Crippen MR) is 74.9 cm³/mol. The van der Waals surface area contributed by atoms with E-state index in [9.17, 15) is 5.11 Å². The molecule has 1 N–H and O–H groups in total. The fourth-order valence-corrected chi connectivity index (χ4v) is 3.52. The zero-order chi connectivity index (χ0) is 13.1. The quantitative estimate of drug-likeness (QED) is 0.906. The zero-order valence-corrected chi connectivity index (χ0v) is 11.7. The first-order chi connectivity index (χ1) is 9.36. The van der Waals surface area contributed by atoms with Crippen LogP contribution in [0.25, 0.3) is 0 Å². The van der Waals surface area contributed by atoms with Crippen LogP contribution in [0.5, 0.6) is 0 Å². The summed E-state index contributed by atoms with van der Waals surface area (Å²) in [4.78, 5) is 2.39. The molecule has 1 aromatic rings. The maximum Gasteiger partial charge on any atom is 0.0765 e. The van der Waals surface area contributed by atoms with Gasteiger partial charge in [0.05, 0.1) is 18.3 Å². The molecule has 1 aromatic heterocycles. The van der Waals surface area contributed by atoms with Crippen LogP contribution < -0.4 is 0 Å². The predicted octanol–water partition coefficient (Wildman–Crippen LogP) is 2.35. The molecular formula is C15H25N3O. The molecule has 0 spiro atoms. The molecule has 0 bridgehead atoms. The van der Waals surface area contributed by atoms with Crippen LogP contribution in [0.1, 0.15) is 56.7 Å². The van der Waals surface area contributed by atoms with E-state index in [0.717, 1.165) is 25.2 Å². The van der Waals surface area contributed by atoms with Crippen LogP contribution >= 0.6 is 0 Å². The summed E-state index contributed by atoms with van der Waals surface area (Å²) in [5.41, 5.74) is 1.16. The van der Waals surface area contributed by atoms with Crippen molar-refractivity contribution in [1.82, 2.24) is 14.7 Å². The van der Waals surface area contributed by atoms with Crippen LogP contribution in [0.4, 0.5) is 0 Å². The van der Waals surface area contributed by atoms with Crippen molar-refractivity contribution in [2.24, 2.45) is 0 Å². The summed E-state index contributed by atoms with van der Waals surface area (Å²) in [5, 5.41) is 14.2. The number of likely N-dealkylation sites (tertiary alicyclic amines) is 1. The van der Waals surface area contributed by atoms with E-state index in [-0.39, 0.29) is 6.61 Å². The average Bonchev–Trinajstić information content (AvgIpc) is 3.09. The molecule has 3 rings (SSSR count). The van der Waals surface area contributed by atoms with Gasteiger partial charge in [-0.15, -0.1) is 0 Å². The van der Waals surface area contributed by atoms with Crippen molar-refractivity contribution in [3.05, 3.63) is 18.0 Å². The Labute approximate surface area is 115 Å². The number of aliphatic hydroxyl groups excluding tert-OH is 1. The highest BCUT2D eigenvalue weighted by Gasteiger charge is 2.23. The Morgan fingerprint density at radius 2 is 1.95 bits per heavy atom. The summed E-state index contributed by atoms with van der Waals surface area (Å²) < 4.78 is 2.17. The smallest absolute Gasteiger partial charge is 0.0765 e. The van der Waals surface area contributed by atoms with Gasteiger partial charge in [0, 0.05) is 18.8 Å². The maximum atomic E-state index is 9.45. The van der Waals surface area contributed by atoms with Crippen molar-refractivity contribution in [3.8, 4) is 0 Å². The minimum Gasteiger partial charge on any atom is -0.395 e. The molecule has 0 aromatic carbocycles. The number of aromatic nitrogens is 2. The molecule has 1 aliphatic heterocycles. The highest BCUT2D eigenvalue weighted by Crippen LogP contribution is 2.29. The van der Waals surface area contributed by atoms with Crippen LogP contribution in [0, 0.1) is 0 Å². The normalized spacial score (nSPS) is 26.1. The van der Waals surface area contributed by atoms with Gasteiger partial charge in [-0.3, -0.25) is 9.58 Å². The Morgan fingerprint density at radius 1 is 1.16 bits per heavy atom. The van der Waals surface area contributed by atoms with E-state index in [4.69, 9.17) is 5.10 Å². The van der Waals surface area contributed by atoms with E-state index in [1.54, 1.807) is 0 Å². The van der Waals surface area contributed by atoms with E-state index in [1.807, 2.05) is 0 Å². The second kappa shape index (κ2) is 6.06. The molecule has 106 valence electrons. The number of rotatable bonds is 4. The molecule has 2 heterocycles. The first-order valence-electron chi connectivity index (χ1n) is 7.76. The molecule has 1 saturated carbocycles. The molecule has 1 unspecified atom stereocenters. The van der Waals surface area contributed by atoms with Crippen molar-refractivity contribution in [2.45, 2.75) is 63.6 Å². The summed E-state index contributed by atoms with van der Waals surface area (Å²) in [5.74, 6) is 0. The van der Waals surface area contributed by atoms with Crippen molar-refractivity contribution in [2.75, 3.05) is 13.2 Å². The summed E-state index contributed by atoms with van der Waals surface area (Å²) in [6.45, 7) is 2.27. The van der Waals surface area contributed by atoms with E-state index in [0.29, 0.717) is 12.1 Å². The van der Waals surface area contributed by atoms with Gasteiger partial charge in [-0.2, -0.15) is 5.10 Å². The highest BCUT2D eigenvalue weighted by molar-refractivity contribution is 5.01. The van der Waals surface area contributed by atoms with Crippen molar-refractivity contribution >= 4 is 0 Å². The first-order valence-corrected chi connectivity index (χ1v) is 7.76. The number of hydrogen-bond acceptors (Lipinski definition) is 3. The highest BCUT2D eigenvalue weighted by atomic mass is 16.3. The van der Waals surface area contributed by atoms with Crippen molar-refractivity contribution in [3.63, 3.8) is 0 Å². The van der Waals surface area contributed by atoms with Crippen molar-refractivity contribution < 1.29 is 5.11 Å². The Balaban J connectivity index is 1.62. The van der Waals surface area contributed by atoms with E-state index >= 15 is 0 Å². The van der Waals surface area contributed by atoms with E-state index < -0.39 is 0 Å². The van der Waals surface area contributed by atoms with Gasteiger partial charge in [0.15, 0.2) is 0 Å². The Hall–Kier alpha value is -0.870. The van der Waals surface area contributed by atoms with E-state index in [2.05, 4.69) is 21.8 Å². The fraction of sp³-hybridized carbons (Fsp3) is 0.800. The molecule has 2 fully saturated rings. The Kier molecular flexibility index (Phi) is 4.18. The van der Waals surface area contributed by atoms with Crippen LogP contribution in [-0.4, -0.2) is 39.0 Å². The third-order valence-corrected chi connectivity index (χ3v) is 4.69. The summed E-state index contributed by atoms with van der Waals surface area (Å²) in [6, 6.07) is 3.12. The average molecular weight is 263 g/mol.